The average molecular weight is 154 g/mol. The third-order valence-corrected chi connectivity index (χ3v) is 0.678. The number of ether oxygens (including phenoxy) is 1. The van der Waals surface area contributed by atoms with E-state index in [-0.39, 0.29) is 17.9 Å². The van der Waals surface area contributed by atoms with E-state index in [1.807, 2.05) is 20.8 Å². The first-order valence-corrected chi connectivity index (χ1v) is 2.93. The second-order valence-corrected chi connectivity index (χ2v) is 2.63. The highest BCUT2D eigenvalue weighted by molar-refractivity contribution is 5.85. The van der Waals surface area contributed by atoms with Crippen LogP contribution in [0.4, 0.5) is 0 Å². The van der Waals surface area contributed by atoms with Crippen LogP contribution in [0.3, 0.4) is 0 Å². The number of nitrogens with two attached hydrogens (primary N) is 1. The summed E-state index contributed by atoms with van der Waals surface area (Å²) in [7, 11) is 0. The largest absolute Gasteiger partial charge is 0.380 e. The summed E-state index contributed by atoms with van der Waals surface area (Å²) in [6.45, 7) is 7.25. The van der Waals surface area contributed by atoms with Crippen molar-refractivity contribution in [1.82, 2.24) is 0 Å². The minimum absolute atomic E-state index is 0. The van der Waals surface area contributed by atoms with Crippen LogP contribution in [-0.2, 0) is 4.74 Å². The Hall–Kier alpha value is 0.210. The molecule has 0 aliphatic heterocycles. The predicted octanol–water partition coefficient (Wildman–Crippen LogP) is 1.18. The Morgan fingerprint density at radius 2 is 1.89 bits per heavy atom. The van der Waals surface area contributed by atoms with Crippen molar-refractivity contribution in [2.24, 2.45) is 5.73 Å². The molecule has 0 bridgehead atoms. The Morgan fingerprint density at radius 3 is 2.00 bits per heavy atom. The second-order valence-electron chi connectivity index (χ2n) is 2.63. The van der Waals surface area contributed by atoms with Crippen molar-refractivity contribution in [2.45, 2.75) is 26.3 Å². The second kappa shape index (κ2) is 5.03. The molecule has 2 nitrogen and oxygen atoms in total. The van der Waals surface area contributed by atoms with Gasteiger partial charge in [-0.25, -0.2) is 0 Å². The zero-order chi connectivity index (χ0) is 6.62. The Balaban J connectivity index is 0. The summed E-state index contributed by atoms with van der Waals surface area (Å²) in [5.74, 6) is 0. The van der Waals surface area contributed by atoms with Gasteiger partial charge < -0.3 is 10.5 Å². The lowest BCUT2D eigenvalue weighted by Crippen LogP contribution is -2.37. The van der Waals surface area contributed by atoms with Crippen LogP contribution in [-0.4, -0.2) is 18.8 Å². The first kappa shape index (κ1) is 11.9. The van der Waals surface area contributed by atoms with Crippen molar-refractivity contribution in [3.05, 3.63) is 0 Å². The molecular weight excluding hydrogens is 138 g/mol. The third-order valence-electron chi connectivity index (χ3n) is 0.678. The maximum absolute atomic E-state index is 5.60. The molecule has 2 N–H and O–H groups in total. The smallest absolute Gasteiger partial charge is 0.0640 e. The highest BCUT2D eigenvalue weighted by atomic mass is 35.5. The summed E-state index contributed by atoms with van der Waals surface area (Å²) in [5, 5.41) is 0. The fourth-order valence-corrected chi connectivity index (χ4v) is 0.365. The van der Waals surface area contributed by atoms with Crippen LogP contribution in [0.25, 0.3) is 0 Å². The first-order valence-electron chi connectivity index (χ1n) is 2.93. The third kappa shape index (κ3) is 11.7. The molecule has 0 heterocycles. The van der Waals surface area contributed by atoms with Gasteiger partial charge in [-0.05, 0) is 20.8 Å². The van der Waals surface area contributed by atoms with Gasteiger partial charge in [-0.15, -0.1) is 12.4 Å². The van der Waals surface area contributed by atoms with Crippen LogP contribution >= 0.6 is 12.4 Å². The zero-order valence-electron chi connectivity index (χ0n) is 6.31. The summed E-state index contributed by atoms with van der Waals surface area (Å²) in [6, 6.07) is 0. The summed E-state index contributed by atoms with van der Waals surface area (Å²) < 4.78 is 5.07. The molecule has 0 aromatic carbocycles. The molecule has 58 valence electrons. The minimum atomic E-state index is -0.171. The zero-order valence-corrected chi connectivity index (χ0v) is 7.12. The molecule has 0 fully saturated rings. The van der Waals surface area contributed by atoms with E-state index in [4.69, 9.17) is 10.5 Å². The molecule has 0 aromatic heterocycles. The van der Waals surface area contributed by atoms with E-state index in [0.29, 0.717) is 6.61 Å². The summed E-state index contributed by atoms with van der Waals surface area (Å²) in [6.07, 6.45) is 0. The Morgan fingerprint density at radius 1 is 1.44 bits per heavy atom. The lowest BCUT2D eigenvalue weighted by Gasteiger charge is -2.16. The van der Waals surface area contributed by atoms with Crippen LogP contribution in [0.5, 0.6) is 0 Å². The number of hydrogen-bond donors (Lipinski definition) is 1. The topological polar surface area (TPSA) is 35.2 Å². The summed E-state index contributed by atoms with van der Waals surface area (Å²) in [4.78, 5) is 0. The normalized spacial score (nSPS) is 10.7. The monoisotopic (exact) mass is 153 g/mol. The maximum Gasteiger partial charge on any atom is 0.0640 e. The lowest BCUT2D eigenvalue weighted by atomic mass is 10.1. The van der Waals surface area contributed by atoms with Gasteiger partial charge in [0.05, 0.1) is 6.61 Å². The van der Waals surface area contributed by atoms with E-state index in [9.17, 15) is 0 Å². The minimum Gasteiger partial charge on any atom is -0.380 e. The average Bonchev–Trinajstić information content (AvgIpc) is 1.59. The molecule has 9 heavy (non-hydrogen) atoms. The molecule has 0 amide bonds. The quantitative estimate of drug-likeness (QED) is 0.661. The standard InChI is InChI=1S/C6H15NO.ClH/c1-4-8-5-6(2,3)7;/h4-5,7H2,1-3H3;1H. The Bertz CT molecular complexity index is 60.6. The lowest BCUT2D eigenvalue weighted by molar-refractivity contribution is 0.108. The van der Waals surface area contributed by atoms with Crippen LogP contribution in [0.15, 0.2) is 0 Å². The SMILES string of the molecule is CCOCC(C)(C)N.Cl. The first-order chi connectivity index (χ1) is 3.56. The molecule has 0 aliphatic carbocycles. The summed E-state index contributed by atoms with van der Waals surface area (Å²) >= 11 is 0. The van der Waals surface area contributed by atoms with E-state index in [0.717, 1.165) is 6.61 Å². The predicted molar refractivity (Wildman–Crippen MR) is 42.0 cm³/mol. The highest BCUT2D eigenvalue weighted by Crippen LogP contribution is 1.95. The van der Waals surface area contributed by atoms with Crippen LogP contribution in [0.2, 0.25) is 0 Å². The maximum atomic E-state index is 5.60. The van der Waals surface area contributed by atoms with Gasteiger partial charge in [0.25, 0.3) is 0 Å². The van der Waals surface area contributed by atoms with E-state index in [1.54, 1.807) is 0 Å². The fourth-order valence-electron chi connectivity index (χ4n) is 0.365. The van der Waals surface area contributed by atoms with Gasteiger partial charge in [-0.3, -0.25) is 0 Å². The Labute approximate surface area is 63.2 Å². The van der Waals surface area contributed by atoms with Crippen molar-refractivity contribution in [3.8, 4) is 0 Å². The fraction of sp³-hybridized carbons (Fsp3) is 1.00. The van der Waals surface area contributed by atoms with Gasteiger partial charge in [0, 0.05) is 12.1 Å². The molecule has 0 unspecified atom stereocenters. The highest BCUT2D eigenvalue weighted by Gasteiger charge is 2.08. The van der Waals surface area contributed by atoms with Crippen LogP contribution in [0, 0.1) is 0 Å². The summed E-state index contributed by atoms with van der Waals surface area (Å²) in [5.41, 5.74) is 5.43. The van der Waals surface area contributed by atoms with Crippen LogP contribution < -0.4 is 5.73 Å². The molecule has 0 spiro atoms. The van der Waals surface area contributed by atoms with Gasteiger partial charge in [-0.1, -0.05) is 0 Å². The van der Waals surface area contributed by atoms with E-state index in [1.165, 1.54) is 0 Å². The van der Waals surface area contributed by atoms with Crippen molar-refractivity contribution in [3.63, 3.8) is 0 Å². The van der Waals surface area contributed by atoms with Crippen molar-refractivity contribution >= 4 is 12.4 Å². The van der Waals surface area contributed by atoms with Gasteiger partial charge >= 0.3 is 0 Å². The molecule has 3 heteroatoms. The Kier molecular flexibility index (Phi) is 6.68. The van der Waals surface area contributed by atoms with Gasteiger partial charge in [-0.2, -0.15) is 0 Å². The van der Waals surface area contributed by atoms with E-state index in [2.05, 4.69) is 0 Å². The van der Waals surface area contributed by atoms with Crippen LogP contribution in [0.1, 0.15) is 20.8 Å². The van der Waals surface area contributed by atoms with Gasteiger partial charge in [0.2, 0.25) is 0 Å². The number of hydrogen-bond acceptors (Lipinski definition) is 2. The van der Waals surface area contributed by atoms with Crippen molar-refractivity contribution in [2.75, 3.05) is 13.2 Å². The van der Waals surface area contributed by atoms with Gasteiger partial charge in [0.1, 0.15) is 0 Å². The van der Waals surface area contributed by atoms with E-state index >= 15 is 0 Å². The van der Waals surface area contributed by atoms with Gasteiger partial charge in [0.15, 0.2) is 0 Å². The molecule has 0 saturated heterocycles. The molecule has 0 saturated carbocycles. The number of rotatable bonds is 3. The van der Waals surface area contributed by atoms with E-state index < -0.39 is 0 Å². The molecule has 0 radical (unpaired) electrons. The number of halogens is 1. The molecule has 0 atom stereocenters. The van der Waals surface area contributed by atoms with Crippen molar-refractivity contribution in [1.29, 1.82) is 0 Å². The molecule has 0 aliphatic rings. The molecule has 0 aromatic rings. The molecular formula is C6H16ClNO. The molecule has 0 rings (SSSR count). The van der Waals surface area contributed by atoms with Crippen molar-refractivity contribution < 1.29 is 4.74 Å².